The standard InChI is InChI=1S/C15H28N4O2.ClH/c1-13-3-7-18(8-4-13)14(20)11-17(2)12-15(21)19-9-5-16-6-10-19;/h13,16H,3-12H2,1-2H3;1H. The number of likely N-dealkylation sites (N-methyl/N-ethyl adjacent to an activating group) is 1. The van der Waals surface area contributed by atoms with Crippen molar-refractivity contribution in [2.45, 2.75) is 19.8 Å². The van der Waals surface area contributed by atoms with Crippen LogP contribution < -0.4 is 5.32 Å². The van der Waals surface area contributed by atoms with Gasteiger partial charge >= 0.3 is 0 Å². The van der Waals surface area contributed by atoms with E-state index < -0.39 is 0 Å². The van der Waals surface area contributed by atoms with E-state index in [4.69, 9.17) is 0 Å². The van der Waals surface area contributed by atoms with Crippen molar-refractivity contribution in [3.63, 3.8) is 0 Å². The molecule has 2 saturated heterocycles. The Kier molecular flexibility index (Phi) is 8.14. The number of hydrogen-bond donors (Lipinski definition) is 1. The van der Waals surface area contributed by atoms with Crippen LogP contribution in [0.25, 0.3) is 0 Å². The van der Waals surface area contributed by atoms with E-state index in [1.54, 1.807) is 0 Å². The molecule has 2 aliphatic heterocycles. The molecule has 6 nitrogen and oxygen atoms in total. The zero-order chi connectivity index (χ0) is 15.2. The fourth-order valence-corrected chi connectivity index (χ4v) is 2.89. The largest absolute Gasteiger partial charge is 0.342 e. The van der Waals surface area contributed by atoms with Crippen LogP contribution in [-0.2, 0) is 9.59 Å². The number of nitrogens with one attached hydrogen (secondary N) is 1. The molecule has 128 valence electrons. The molecule has 0 bridgehead atoms. The van der Waals surface area contributed by atoms with Crippen molar-refractivity contribution in [3.8, 4) is 0 Å². The SMILES string of the molecule is CC1CCN(C(=O)CN(C)CC(=O)N2CCNCC2)CC1.Cl. The average Bonchev–Trinajstić information content (AvgIpc) is 2.48. The summed E-state index contributed by atoms with van der Waals surface area (Å²) in [6.45, 7) is 7.89. The van der Waals surface area contributed by atoms with Crippen molar-refractivity contribution in [2.75, 3.05) is 59.4 Å². The highest BCUT2D eigenvalue weighted by Gasteiger charge is 2.23. The van der Waals surface area contributed by atoms with Crippen LogP contribution >= 0.6 is 12.4 Å². The molecule has 0 radical (unpaired) electrons. The number of halogens is 1. The predicted molar refractivity (Wildman–Crippen MR) is 89.2 cm³/mol. The lowest BCUT2D eigenvalue weighted by atomic mass is 9.99. The molecule has 0 aromatic heterocycles. The number of carbonyl (C=O) groups excluding carboxylic acids is 2. The van der Waals surface area contributed by atoms with Gasteiger partial charge in [-0.15, -0.1) is 12.4 Å². The summed E-state index contributed by atoms with van der Waals surface area (Å²) in [5.74, 6) is 0.998. The topological polar surface area (TPSA) is 55.9 Å². The van der Waals surface area contributed by atoms with Crippen LogP contribution in [0.5, 0.6) is 0 Å². The Balaban J connectivity index is 0.00000242. The lowest BCUT2D eigenvalue weighted by Gasteiger charge is -2.32. The first-order chi connectivity index (χ1) is 10.1. The van der Waals surface area contributed by atoms with E-state index in [0.29, 0.717) is 13.1 Å². The summed E-state index contributed by atoms with van der Waals surface area (Å²) in [5.41, 5.74) is 0. The van der Waals surface area contributed by atoms with Gasteiger partial charge < -0.3 is 15.1 Å². The third-order valence-electron chi connectivity index (χ3n) is 4.42. The number of rotatable bonds is 4. The van der Waals surface area contributed by atoms with Gasteiger partial charge in [0, 0.05) is 39.3 Å². The first-order valence-electron chi connectivity index (χ1n) is 8.01. The number of carbonyl (C=O) groups is 2. The molecule has 0 saturated carbocycles. The Morgan fingerprint density at radius 3 is 1.95 bits per heavy atom. The summed E-state index contributed by atoms with van der Waals surface area (Å²) < 4.78 is 0. The van der Waals surface area contributed by atoms with Crippen molar-refractivity contribution in [1.82, 2.24) is 20.0 Å². The zero-order valence-electron chi connectivity index (χ0n) is 13.7. The van der Waals surface area contributed by atoms with Gasteiger partial charge in [0.05, 0.1) is 13.1 Å². The van der Waals surface area contributed by atoms with Gasteiger partial charge in [-0.05, 0) is 25.8 Å². The number of likely N-dealkylation sites (tertiary alicyclic amines) is 1. The third kappa shape index (κ3) is 5.74. The maximum absolute atomic E-state index is 12.2. The molecule has 22 heavy (non-hydrogen) atoms. The second-order valence-electron chi connectivity index (χ2n) is 6.37. The van der Waals surface area contributed by atoms with Gasteiger partial charge in [0.1, 0.15) is 0 Å². The molecule has 0 unspecified atom stereocenters. The lowest BCUT2D eigenvalue weighted by Crippen LogP contribution is -2.50. The number of piperidine rings is 1. The number of amides is 2. The molecule has 2 heterocycles. The maximum atomic E-state index is 12.2. The highest BCUT2D eigenvalue weighted by Crippen LogP contribution is 2.15. The van der Waals surface area contributed by atoms with Gasteiger partial charge in [-0.3, -0.25) is 14.5 Å². The molecular weight excluding hydrogens is 304 g/mol. The van der Waals surface area contributed by atoms with Crippen LogP contribution in [0.1, 0.15) is 19.8 Å². The lowest BCUT2D eigenvalue weighted by molar-refractivity contribution is -0.136. The maximum Gasteiger partial charge on any atom is 0.236 e. The Morgan fingerprint density at radius 2 is 1.45 bits per heavy atom. The average molecular weight is 333 g/mol. The normalized spacial score (nSPS) is 20.0. The number of piperazine rings is 1. The van der Waals surface area contributed by atoms with Gasteiger partial charge in [0.2, 0.25) is 11.8 Å². The van der Waals surface area contributed by atoms with Crippen LogP contribution in [0.3, 0.4) is 0 Å². The van der Waals surface area contributed by atoms with E-state index in [1.165, 1.54) is 0 Å². The molecule has 0 atom stereocenters. The van der Waals surface area contributed by atoms with Gasteiger partial charge in [-0.25, -0.2) is 0 Å². The van der Waals surface area contributed by atoms with Crippen LogP contribution in [0.2, 0.25) is 0 Å². The summed E-state index contributed by atoms with van der Waals surface area (Å²) in [5, 5.41) is 3.23. The Bertz CT molecular complexity index is 367. The van der Waals surface area contributed by atoms with E-state index in [9.17, 15) is 9.59 Å². The molecule has 0 aliphatic carbocycles. The van der Waals surface area contributed by atoms with Crippen molar-refractivity contribution in [1.29, 1.82) is 0 Å². The quantitative estimate of drug-likeness (QED) is 0.789. The molecule has 2 aliphatic rings. The van der Waals surface area contributed by atoms with Crippen LogP contribution in [0.4, 0.5) is 0 Å². The Hall–Kier alpha value is -0.850. The first-order valence-corrected chi connectivity index (χ1v) is 8.01. The van der Waals surface area contributed by atoms with E-state index in [0.717, 1.165) is 58.0 Å². The van der Waals surface area contributed by atoms with Gasteiger partial charge in [0.25, 0.3) is 0 Å². The van der Waals surface area contributed by atoms with Crippen LogP contribution in [0, 0.1) is 5.92 Å². The minimum absolute atomic E-state index is 0. The fourth-order valence-electron chi connectivity index (χ4n) is 2.89. The summed E-state index contributed by atoms with van der Waals surface area (Å²) in [6.07, 6.45) is 2.18. The molecule has 2 fully saturated rings. The number of hydrogen-bond acceptors (Lipinski definition) is 4. The van der Waals surface area contributed by atoms with E-state index >= 15 is 0 Å². The summed E-state index contributed by atoms with van der Waals surface area (Å²) in [4.78, 5) is 30.0. The van der Waals surface area contributed by atoms with Gasteiger partial charge in [-0.2, -0.15) is 0 Å². The van der Waals surface area contributed by atoms with Crippen molar-refractivity contribution in [3.05, 3.63) is 0 Å². The monoisotopic (exact) mass is 332 g/mol. The summed E-state index contributed by atoms with van der Waals surface area (Å²) in [7, 11) is 1.85. The molecule has 7 heteroatoms. The Labute approximate surface area is 139 Å². The highest BCUT2D eigenvalue weighted by molar-refractivity contribution is 5.85. The third-order valence-corrected chi connectivity index (χ3v) is 4.42. The smallest absolute Gasteiger partial charge is 0.236 e. The van der Waals surface area contributed by atoms with E-state index in [-0.39, 0.29) is 24.2 Å². The van der Waals surface area contributed by atoms with E-state index in [1.807, 2.05) is 21.7 Å². The predicted octanol–water partition coefficient (Wildman–Crippen LogP) is 0.0303. The van der Waals surface area contributed by atoms with Gasteiger partial charge in [-0.1, -0.05) is 6.92 Å². The number of nitrogens with zero attached hydrogens (tertiary/aromatic N) is 3. The molecule has 2 amide bonds. The van der Waals surface area contributed by atoms with Gasteiger partial charge in [0.15, 0.2) is 0 Å². The molecule has 2 rings (SSSR count). The van der Waals surface area contributed by atoms with E-state index in [2.05, 4.69) is 12.2 Å². The second kappa shape index (κ2) is 9.33. The molecule has 0 aromatic rings. The summed E-state index contributed by atoms with van der Waals surface area (Å²) in [6, 6.07) is 0. The minimum atomic E-state index is 0. The van der Waals surface area contributed by atoms with Crippen molar-refractivity contribution < 1.29 is 9.59 Å². The minimum Gasteiger partial charge on any atom is -0.342 e. The van der Waals surface area contributed by atoms with Crippen molar-refractivity contribution >= 4 is 24.2 Å². The molecule has 0 spiro atoms. The molecule has 0 aromatic carbocycles. The van der Waals surface area contributed by atoms with Crippen molar-refractivity contribution in [2.24, 2.45) is 5.92 Å². The molecule has 1 N–H and O–H groups in total. The Morgan fingerprint density at radius 1 is 1.00 bits per heavy atom. The summed E-state index contributed by atoms with van der Waals surface area (Å²) >= 11 is 0. The first kappa shape index (κ1) is 19.2. The zero-order valence-corrected chi connectivity index (χ0v) is 14.5. The second-order valence-corrected chi connectivity index (χ2v) is 6.37. The molecular formula is C15H29ClN4O2. The fraction of sp³-hybridized carbons (Fsp3) is 0.867. The van der Waals surface area contributed by atoms with Crippen LogP contribution in [-0.4, -0.2) is 85.9 Å². The highest BCUT2D eigenvalue weighted by atomic mass is 35.5. The van der Waals surface area contributed by atoms with Crippen LogP contribution in [0.15, 0.2) is 0 Å².